The lowest BCUT2D eigenvalue weighted by Crippen LogP contribution is -2.16. The number of nitrogens with zero attached hydrogens (tertiary/aromatic N) is 3. The lowest BCUT2D eigenvalue weighted by atomic mass is 10.2. The number of aliphatic carboxylic acids is 1. The molecule has 0 amide bonds. The van der Waals surface area contributed by atoms with Crippen LogP contribution in [-0.4, -0.2) is 25.8 Å². The number of fused-ring (bicyclic) bond motifs is 1. The average Bonchev–Trinajstić information content (AvgIpc) is 3.10. The first-order valence-electron chi connectivity index (χ1n) is 6.77. The fourth-order valence-electron chi connectivity index (χ4n) is 2.37. The van der Waals surface area contributed by atoms with Crippen LogP contribution in [0.15, 0.2) is 34.7 Å². The van der Waals surface area contributed by atoms with E-state index in [1.807, 2.05) is 37.3 Å². The molecular weight excluding hydrogens is 270 g/mol. The van der Waals surface area contributed by atoms with E-state index < -0.39 is 12.0 Å². The first kappa shape index (κ1) is 13.4. The number of hydrogen-bond acceptors (Lipinski definition) is 4. The summed E-state index contributed by atoms with van der Waals surface area (Å²) in [4.78, 5) is 11.4. The van der Waals surface area contributed by atoms with Gasteiger partial charge in [0.2, 0.25) is 5.89 Å². The van der Waals surface area contributed by atoms with Crippen molar-refractivity contribution in [1.29, 1.82) is 0 Å². The van der Waals surface area contributed by atoms with E-state index in [2.05, 4.69) is 10.2 Å². The van der Waals surface area contributed by atoms with E-state index in [-0.39, 0.29) is 0 Å². The number of aromatic nitrogens is 3. The van der Waals surface area contributed by atoms with Gasteiger partial charge in [-0.3, -0.25) is 0 Å². The van der Waals surface area contributed by atoms with Gasteiger partial charge in [-0.25, -0.2) is 4.79 Å². The minimum atomic E-state index is -0.909. The number of benzene rings is 1. The lowest BCUT2D eigenvalue weighted by molar-refractivity contribution is -0.140. The van der Waals surface area contributed by atoms with Crippen molar-refractivity contribution in [2.45, 2.75) is 26.3 Å². The molecule has 0 radical (unpaired) electrons. The molecule has 21 heavy (non-hydrogen) atoms. The number of aryl methyl sites for hydroxylation is 1. The van der Waals surface area contributed by atoms with Crippen LogP contribution in [0.1, 0.15) is 25.8 Å². The predicted octanol–water partition coefficient (Wildman–Crippen LogP) is 2.90. The second kappa shape index (κ2) is 5.05. The Kier molecular flexibility index (Phi) is 3.21. The monoisotopic (exact) mass is 285 g/mol. The molecule has 0 aliphatic carbocycles. The lowest BCUT2D eigenvalue weighted by Gasteiger charge is -2.13. The van der Waals surface area contributed by atoms with Crippen molar-refractivity contribution in [1.82, 2.24) is 14.8 Å². The van der Waals surface area contributed by atoms with Crippen molar-refractivity contribution in [2.75, 3.05) is 0 Å². The minimum absolute atomic E-state index is 0.344. The zero-order valence-electron chi connectivity index (χ0n) is 11.8. The molecule has 2 aromatic heterocycles. The van der Waals surface area contributed by atoms with Crippen LogP contribution in [0.25, 0.3) is 22.5 Å². The highest BCUT2D eigenvalue weighted by Gasteiger charge is 2.23. The normalized spacial score (nSPS) is 12.7. The Morgan fingerprint density at radius 3 is 2.81 bits per heavy atom. The maximum absolute atomic E-state index is 11.4. The molecule has 108 valence electrons. The van der Waals surface area contributed by atoms with Gasteiger partial charge in [-0.15, -0.1) is 10.2 Å². The third-order valence-corrected chi connectivity index (χ3v) is 3.48. The van der Waals surface area contributed by atoms with Crippen LogP contribution in [0.4, 0.5) is 0 Å². The fraction of sp³-hybridized carbons (Fsp3) is 0.267. The molecule has 1 atom stereocenters. The van der Waals surface area contributed by atoms with Crippen LogP contribution in [-0.2, 0) is 11.2 Å². The maximum atomic E-state index is 11.4. The third-order valence-electron chi connectivity index (χ3n) is 3.48. The minimum Gasteiger partial charge on any atom is -0.480 e. The Balaban J connectivity index is 2.25. The predicted molar refractivity (Wildman–Crippen MR) is 77.0 cm³/mol. The molecule has 0 saturated heterocycles. The summed E-state index contributed by atoms with van der Waals surface area (Å²) in [6.45, 7) is 3.56. The Morgan fingerprint density at radius 1 is 1.38 bits per heavy atom. The van der Waals surface area contributed by atoms with Gasteiger partial charge in [0.05, 0.1) is 0 Å². The summed E-state index contributed by atoms with van der Waals surface area (Å²) < 4.78 is 7.30. The first-order valence-corrected chi connectivity index (χ1v) is 6.77. The summed E-state index contributed by atoms with van der Waals surface area (Å²) in [5.41, 5.74) is 1.46. The van der Waals surface area contributed by atoms with E-state index in [9.17, 15) is 9.90 Å². The zero-order valence-corrected chi connectivity index (χ0v) is 11.8. The summed E-state index contributed by atoms with van der Waals surface area (Å²) >= 11 is 0. The number of carboxylic acid groups (broad SMARTS) is 1. The second-order valence-electron chi connectivity index (χ2n) is 4.83. The highest BCUT2D eigenvalue weighted by molar-refractivity contribution is 5.88. The van der Waals surface area contributed by atoms with Crippen LogP contribution >= 0.6 is 0 Å². The van der Waals surface area contributed by atoms with Crippen LogP contribution in [0.3, 0.4) is 0 Å². The number of carbonyl (C=O) groups is 1. The van der Waals surface area contributed by atoms with Crippen LogP contribution in [0, 0.1) is 0 Å². The van der Waals surface area contributed by atoms with E-state index in [0.717, 1.165) is 10.9 Å². The van der Waals surface area contributed by atoms with E-state index in [1.165, 1.54) is 0 Å². The van der Waals surface area contributed by atoms with E-state index >= 15 is 0 Å². The van der Waals surface area contributed by atoms with E-state index in [1.54, 1.807) is 11.5 Å². The standard InChI is InChI=1S/C15H15N3O3/c1-3-13-16-17-14(21-13)12-8-10-6-4-5-7-11(10)18(12)9(2)15(19)20/h4-9H,3H2,1-2H3,(H,19,20). The summed E-state index contributed by atoms with van der Waals surface area (Å²) in [6, 6.07) is 8.75. The van der Waals surface area contributed by atoms with Crippen LogP contribution in [0.2, 0.25) is 0 Å². The molecule has 6 heteroatoms. The van der Waals surface area contributed by atoms with E-state index in [4.69, 9.17) is 4.42 Å². The van der Waals surface area contributed by atoms with Gasteiger partial charge in [-0.1, -0.05) is 25.1 Å². The van der Waals surface area contributed by atoms with Crippen molar-refractivity contribution < 1.29 is 14.3 Å². The SMILES string of the molecule is CCc1nnc(-c2cc3ccccc3n2C(C)C(=O)O)o1. The molecule has 0 bridgehead atoms. The van der Waals surface area contributed by atoms with Crippen molar-refractivity contribution in [3.63, 3.8) is 0 Å². The largest absolute Gasteiger partial charge is 0.480 e. The number of hydrogen-bond donors (Lipinski definition) is 1. The molecule has 0 aliphatic rings. The maximum Gasteiger partial charge on any atom is 0.326 e. The highest BCUT2D eigenvalue weighted by atomic mass is 16.4. The summed E-state index contributed by atoms with van der Waals surface area (Å²) in [5.74, 6) is -0.0335. The van der Waals surface area contributed by atoms with Gasteiger partial charge in [0.15, 0.2) is 0 Å². The molecule has 6 nitrogen and oxygen atoms in total. The third kappa shape index (κ3) is 2.18. The van der Waals surface area contributed by atoms with Gasteiger partial charge in [0.25, 0.3) is 5.89 Å². The molecule has 2 heterocycles. The van der Waals surface area contributed by atoms with Gasteiger partial charge in [0.1, 0.15) is 11.7 Å². The van der Waals surface area contributed by atoms with Gasteiger partial charge in [0, 0.05) is 17.3 Å². The molecule has 0 spiro atoms. The Morgan fingerprint density at radius 2 is 2.14 bits per heavy atom. The van der Waals surface area contributed by atoms with Gasteiger partial charge in [-0.2, -0.15) is 0 Å². The van der Waals surface area contributed by atoms with Gasteiger partial charge in [-0.05, 0) is 19.1 Å². The molecule has 3 aromatic rings. The summed E-state index contributed by atoms with van der Waals surface area (Å²) in [7, 11) is 0. The molecular formula is C15H15N3O3. The molecule has 3 rings (SSSR count). The molecule has 1 aromatic carbocycles. The van der Waals surface area contributed by atoms with Gasteiger partial charge < -0.3 is 14.1 Å². The van der Waals surface area contributed by atoms with Crippen LogP contribution in [0.5, 0.6) is 0 Å². The smallest absolute Gasteiger partial charge is 0.326 e. The molecule has 0 saturated carbocycles. The molecule has 0 fully saturated rings. The number of carboxylic acids is 1. The summed E-state index contributed by atoms with van der Waals surface area (Å²) in [5, 5.41) is 18.3. The molecule has 0 aliphatic heterocycles. The Bertz CT molecular complexity index is 803. The molecule has 1 N–H and O–H groups in total. The van der Waals surface area contributed by atoms with Crippen molar-refractivity contribution in [3.8, 4) is 11.6 Å². The van der Waals surface area contributed by atoms with Gasteiger partial charge >= 0.3 is 5.97 Å². The first-order chi connectivity index (χ1) is 10.1. The Labute approximate surface area is 121 Å². The second-order valence-corrected chi connectivity index (χ2v) is 4.83. The van der Waals surface area contributed by atoms with Crippen molar-refractivity contribution >= 4 is 16.9 Å². The summed E-state index contributed by atoms with van der Waals surface area (Å²) in [6.07, 6.45) is 0.641. The zero-order chi connectivity index (χ0) is 15.0. The van der Waals surface area contributed by atoms with Crippen molar-refractivity contribution in [3.05, 3.63) is 36.2 Å². The average molecular weight is 285 g/mol. The quantitative estimate of drug-likeness (QED) is 0.797. The van der Waals surface area contributed by atoms with E-state index in [0.29, 0.717) is 23.9 Å². The number of rotatable bonds is 4. The molecule has 1 unspecified atom stereocenters. The highest BCUT2D eigenvalue weighted by Crippen LogP contribution is 2.30. The fourth-order valence-corrected chi connectivity index (χ4v) is 2.37. The topological polar surface area (TPSA) is 81.2 Å². The Hall–Kier alpha value is -2.63. The number of para-hydroxylation sites is 1. The van der Waals surface area contributed by atoms with Crippen LogP contribution < -0.4 is 0 Å². The van der Waals surface area contributed by atoms with Crippen molar-refractivity contribution in [2.24, 2.45) is 0 Å².